The molecule has 0 amide bonds. The number of aliphatic hydroxyl groups excluding tert-OH is 1. The number of nitrogens with zero attached hydrogens (tertiary/aromatic N) is 6. The first-order valence-corrected chi connectivity index (χ1v) is 23.3. The fraction of sp³-hybridized carbons (Fsp3) is 0.340. The topological polar surface area (TPSA) is 221 Å². The third-order valence-electron chi connectivity index (χ3n) is 10.1. The normalized spacial score (nSPS) is 12.2. The van der Waals surface area contributed by atoms with Gasteiger partial charge in [-0.3, -0.25) is 14.4 Å². The van der Waals surface area contributed by atoms with Crippen LogP contribution in [0.2, 0.25) is 10.0 Å². The van der Waals surface area contributed by atoms with E-state index in [9.17, 15) is 24.6 Å². The van der Waals surface area contributed by atoms with Crippen LogP contribution in [0, 0.1) is 27.0 Å². The molecule has 6 aromatic rings. The van der Waals surface area contributed by atoms with E-state index >= 15 is 0 Å². The highest BCUT2D eigenvalue weighted by Gasteiger charge is 2.30. The van der Waals surface area contributed by atoms with Gasteiger partial charge in [0.15, 0.2) is 0 Å². The van der Waals surface area contributed by atoms with E-state index in [0.717, 1.165) is 6.42 Å². The Morgan fingerprint density at radius 1 is 0.671 bits per heavy atom. The summed E-state index contributed by atoms with van der Waals surface area (Å²) in [5, 5.41) is 42.9. The number of phenolic OH excluding ortho intramolecular Hbond substituents is 1. The van der Waals surface area contributed by atoms with Crippen molar-refractivity contribution in [3.05, 3.63) is 129 Å². The van der Waals surface area contributed by atoms with Crippen molar-refractivity contribution in [3.8, 4) is 34.4 Å². The van der Waals surface area contributed by atoms with Crippen LogP contribution in [0.5, 0.6) is 11.5 Å². The maximum Gasteiger partial charge on any atom is 0.311 e. The predicted molar refractivity (Wildman–Crippen MR) is 267 cm³/mol. The summed E-state index contributed by atoms with van der Waals surface area (Å²) in [6, 6.07) is 18.4. The molecule has 0 saturated carbocycles. The molecule has 20 heteroatoms. The van der Waals surface area contributed by atoms with E-state index < -0.39 is 24.3 Å². The molecule has 0 spiro atoms. The predicted octanol–water partition coefficient (Wildman–Crippen LogP) is 12.9. The lowest BCUT2D eigenvalue weighted by Crippen LogP contribution is -2.28. The summed E-state index contributed by atoms with van der Waals surface area (Å²) in [5.74, 6) is 0.857. The van der Waals surface area contributed by atoms with Gasteiger partial charge in [-0.1, -0.05) is 56.1 Å². The van der Waals surface area contributed by atoms with Crippen LogP contribution < -0.4 is 15.4 Å². The van der Waals surface area contributed by atoms with Crippen molar-refractivity contribution in [2.24, 2.45) is 0 Å². The summed E-state index contributed by atoms with van der Waals surface area (Å²) in [6.45, 7) is 27.0. The smallest absolute Gasteiger partial charge is 0.311 e. The van der Waals surface area contributed by atoms with Gasteiger partial charge in [-0.05, 0) is 130 Å². The number of aromatic hydroxyl groups is 1. The number of nitrogens with one attached hydrogen (secondary N) is 2. The van der Waals surface area contributed by atoms with E-state index in [1.165, 1.54) is 12.1 Å². The molecule has 0 aliphatic heterocycles. The van der Waals surface area contributed by atoms with Crippen LogP contribution in [0.15, 0.2) is 81.6 Å². The Hall–Kier alpha value is -7.02. The number of carbonyl (C=O) groups excluding carboxylic acids is 3. The molecule has 368 valence electrons. The second kappa shape index (κ2) is 27.2. The number of anilines is 2. The number of esters is 2. The minimum Gasteiger partial charge on any atom is -0.508 e. The first kappa shape index (κ1) is 55.6. The van der Waals surface area contributed by atoms with E-state index in [4.69, 9.17) is 66.3 Å². The zero-order valence-corrected chi connectivity index (χ0v) is 41.8. The monoisotopic (exact) mass is 1010 g/mol. The van der Waals surface area contributed by atoms with Gasteiger partial charge in [-0.25, -0.2) is 9.69 Å². The molecule has 6 rings (SSSR count). The van der Waals surface area contributed by atoms with E-state index in [1.54, 1.807) is 88.4 Å². The number of hydrogen-bond acceptors (Lipinski definition) is 15. The van der Waals surface area contributed by atoms with Crippen LogP contribution in [0.4, 0.5) is 22.7 Å². The second-order valence-electron chi connectivity index (χ2n) is 15.6. The number of halogens is 3. The third kappa shape index (κ3) is 15.8. The molecule has 0 saturated heterocycles. The second-order valence-corrected chi connectivity index (χ2v) is 16.8. The van der Waals surface area contributed by atoms with Crippen molar-refractivity contribution in [3.63, 3.8) is 0 Å². The zero-order valence-electron chi connectivity index (χ0n) is 39.5. The summed E-state index contributed by atoms with van der Waals surface area (Å²) < 4.78 is 22.6. The summed E-state index contributed by atoms with van der Waals surface area (Å²) >= 11 is 17.5. The molecule has 17 nitrogen and oxygen atoms in total. The van der Waals surface area contributed by atoms with Crippen molar-refractivity contribution in [2.45, 2.75) is 111 Å². The van der Waals surface area contributed by atoms with Crippen molar-refractivity contribution in [2.75, 3.05) is 10.6 Å². The first-order chi connectivity index (χ1) is 33.4. The van der Waals surface area contributed by atoms with Crippen LogP contribution in [0.1, 0.15) is 108 Å². The van der Waals surface area contributed by atoms with Crippen molar-refractivity contribution < 1.29 is 42.9 Å². The number of aromatic nitrogens is 4. The first-order valence-electron chi connectivity index (χ1n) is 22.1. The molecule has 0 bridgehead atoms. The van der Waals surface area contributed by atoms with Gasteiger partial charge in [0.1, 0.15) is 29.7 Å². The number of phenols is 1. The van der Waals surface area contributed by atoms with Gasteiger partial charge in [0.25, 0.3) is 0 Å². The lowest BCUT2D eigenvalue weighted by atomic mass is 10.1. The van der Waals surface area contributed by atoms with Gasteiger partial charge in [0.2, 0.25) is 40.2 Å². The summed E-state index contributed by atoms with van der Waals surface area (Å²) in [6.07, 6.45) is 1.84. The Morgan fingerprint density at radius 3 is 1.54 bits per heavy atom. The number of aliphatic hydroxyl groups is 1. The average Bonchev–Trinajstić information content (AvgIpc) is 4.02. The van der Waals surface area contributed by atoms with Crippen LogP contribution in [0.3, 0.4) is 0 Å². The molecule has 0 radical (unpaired) electrons. The Balaban J connectivity index is 0.000000282. The van der Waals surface area contributed by atoms with E-state index in [0.29, 0.717) is 86.5 Å². The molecule has 2 heterocycles. The van der Waals surface area contributed by atoms with Crippen LogP contribution in [-0.4, -0.2) is 60.0 Å². The minimum atomic E-state index is -0.836. The van der Waals surface area contributed by atoms with Gasteiger partial charge >= 0.3 is 11.9 Å². The Bertz CT molecular complexity index is 2790. The van der Waals surface area contributed by atoms with Crippen molar-refractivity contribution in [1.29, 1.82) is 0 Å². The van der Waals surface area contributed by atoms with Gasteiger partial charge in [-0.15, -0.1) is 20.4 Å². The lowest BCUT2D eigenvalue weighted by molar-refractivity contribution is -0.149. The molecule has 0 fully saturated rings. The Kier molecular flexibility index (Phi) is 21.6. The number of ether oxygens (including phenoxy) is 2. The van der Waals surface area contributed by atoms with Gasteiger partial charge < -0.3 is 39.2 Å². The summed E-state index contributed by atoms with van der Waals surface area (Å²) in [4.78, 5) is 40.5. The molecular formula is C50H53Cl3N8O9. The fourth-order valence-electron chi connectivity index (χ4n) is 6.28. The highest BCUT2D eigenvalue weighted by atomic mass is 35.5. The molecule has 0 unspecified atom stereocenters. The van der Waals surface area contributed by atoms with Crippen LogP contribution in [0.25, 0.3) is 32.6 Å². The molecule has 4 atom stereocenters. The summed E-state index contributed by atoms with van der Waals surface area (Å²) in [5.41, 5.74) is 4.63. The standard InChI is InChI=1S/C27H29ClN4O5.C19H17ClN4O3.C4H7ClO/c1-6-8-22(33)35-17(4)25(30-20-14-15-21(29-5)24(28)16(20)3)27-32-31-26(37-27)18-10-12-19(13-11-18)36-23(34)9-7-2;1-10-14(8-9-15(21-3)16(10)20)22-17(11(2)25)19-24-23-18(27-19)12-4-6-13(26)7-5-12;1-2-3-4(5)6/h10-15,17,25,30H,6-9H2,1-4H3;4-9,11,17,22,25-26H,1-2H3;2-3H2,1H3/t17-,25+;11-,17+;/m00./s1. The maximum atomic E-state index is 12.2. The number of benzene rings is 4. The quantitative estimate of drug-likeness (QED) is 0.0272. The molecule has 4 N–H and O–H groups in total. The molecule has 70 heavy (non-hydrogen) atoms. The van der Waals surface area contributed by atoms with Crippen LogP contribution in [-0.2, 0) is 19.1 Å². The summed E-state index contributed by atoms with van der Waals surface area (Å²) in [7, 11) is 0. The van der Waals surface area contributed by atoms with Gasteiger partial charge in [-0.2, -0.15) is 0 Å². The Labute approximate surface area is 421 Å². The lowest BCUT2D eigenvalue weighted by Gasteiger charge is -2.24. The zero-order chi connectivity index (χ0) is 51.5. The van der Waals surface area contributed by atoms with E-state index in [2.05, 4.69) is 40.7 Å². The highest BCUT2D eigenvalue weighted by molar-refractivity contribution is 6.63. The third-order valence-corrected chi connectivity index (χ3v) is 11.2. The van der Waals surface area contributed by atoms with Crippen molar-refractivity contribution >= 4 is 74.7 Å². The molecule has 0 aliphatic rings. The highest BCUT2D eigenvalue weighted by Crippen LogP contribution is 2.37. The van der Waals surface area contributed by atoms with E-state index in [1.807, 2.05) is 20.8 Å². The van der Waals surface area contributed by atoms with E-state index in [-0.39, 0.29) is 52.9 Å². The van der Waals surface area contributed by atoms with Gasteiger partial charge in [0, 0.05) is 41.8 Å². The number of rotatable bonds is 18. The maximum absolute atomic E-state index is 12.2. The SMILES string of the molecule is CCCC(=O)Cl.[C-]#[N+]c1ccc(N[C@@H](c2nnc(-c3ccc(O)cc3)o2)[C@H](C)O)c(C)c1Cl.[C-]#[N+]c1ccc(N[C@@H](c2nnc(-c3ccc(OC(=O)CCC)cc3)o2)[C@H](C)OC(=O)CCC)c(C)c1Cl. The molecule has 0 aliphatic carbocycles. The molecular weight excluding hydrogens is 963 g/mol. The van der Waals surface area contributed by atoms with Gasteiger partial charge in [0.05, 0.1) is 29.3 Å². The van der Waals surface area contributed by atoms with Crippen molar-refractivity contribution in [1.82, 2.24) is 20.4 Å². The average molecular weight is 1020 g/mol. The Morgan fingerprint density at radius 2 is 1.11 bits per heavy atom. The molecule has 2 aromatic heterocycles. The largest absolute Gasteiger partial charge is 0.508 e. The number of carbonyl (C=O) groups is 3. The number of hydrogen-bond donors (Lipinski definition) is 4. The molecule has 4 aromatic carbocycles. The minimum absolute atomic E-state index is 0.136. The van der Waals surface area contributed by atoms with Crippen LogP contribution >= 0.6 is 34.8 Å². The fourth-order valence-corrected chi connectivity index (χ4v) is 6.88.